The highest BCUT2D eigenvalue weighted by Gasteiger charge is 2.05. The molecule has 0 heterocycles. The van der Waals surface area contributed by atoms with Crippen molar-refractivity contribution in [3.05, 3.63) is 57.8 Å². The van der Waals surface area contributed by atoms with Crippen LogP contribution in [0.15, 0.2) is 40.9 Å². The maximum Gasteiger partial charge on any atom is 0.146 e. The van der Waals surface area contributed by atoms with Gasteiger partial charge in [0.25, 0.3) is 0 Å². The van der Waals surface area contributed by atoms with E-state index >= 15 is 0 Å². The molecule has 2 rings (SSSR count). The van der Waals surface area contributed by atoms with Gasteiger partial charge in [0, 0.05) is 11.0 Å². The first-order valence-electron chi connectivity index (χ1n) is 5.62. The van der Waals surface area contributed by atoms with Crippen molar-refractivity contribution < 1.29 is 4.39 Å². The fraction of sp³-hybridized carbons (Fsp3) is 0.143. The summed E-state index contributed by atoms with van der Waals surface area (Å²) in [4.78, 5) is 0. The maximum atomic E-state index is 13.8. The second-order valence-corrected chi connectivity index (χ2v) is 4.98. The molecule has 4 heteroatoms. The van der Waals surface area contributed by atoms with Gasteiger partial charge < -0.3 is 11.1 Å². The lowest BCUT2D eigenvalue weighted by Crippen LogP contribution is -1.99. The van der Waals surface area contributed by atoms with Crippen LogP contribution in [0.2, 0.25) is 0 Å². The Morgan fingerprint density at radius 1 is 1.17 bits per heavy atom. The summed E-state index contributed by atoms with van der Waals surface area (Å²) in [5.41, 5.74) is 8.67. The molecule has 0 aliphatic carbocycles. The van der Waals surface area contributed by atoms with Gasteiger partial charge in [-0.15, -0.1) is 0 Å². The van der Waals surface area contributed by atoms with Gasteiger partial charge in [-0.2, -0.15) is 0 Å². The number of hydrogen-bond donors (Lipinski definition) is 2. The van der Waals surface area contributed by atoms with Crippen molar-refractivity contribution in [3.63, 3.8) is 0 Å². The third-order valence-corrected chi connectivity index (χ3v) is 3.32. The predicted molar refractivity (Wildman–Crippen MR) is 76.5 cm³/mol. The number of aryl methyl sites for hydroxylation is 1. The van der Waals surface area contributed by atoms with E-state index in [0.717, 1.165) is 21.3 Å². The average molecular weight is 309 g/mol. The van der Waals surface area contributed by atoms with E-state index in [1.165, 1.54) is 6.07 Å². The molecule has 0 atom stereocenters. The normalized spacial score (nSPS) is 10.4. The zero-order valence-electron chi connectivity index (χ0n) is 10.0. The molecule has 0 unspecified atom stereocenters. The van der Waals surface area contributed by atoms with E-state index in [0.29, 0.717) is 12.2 Å². The lowest BCUT2D eigenvalue weighted by atomic mass is 10.2. The number of hydrogen-bond acceptors (Lipinski definition) is 2. The monoisotopic (exact) mass is 308 g/mol. The molecular weight excluding hydrogens is 295 g/mol. The summed E-state index contributed by atoms with van der Waals surface area (Å²) in [7, 11) is 0. The molecule has 0 fully saturated rings. The maximum absolute atomic E-state index is 13.8. The van der Waals surface area contributed by atoms with Crippen molar-refractivity contribution >= 4 is 27.3 Å². The van der Waals surface area contributed by atoms with Crippen molar-refractivity contribution in [2.45, 2.75) is 13.5 Å². The van der Waals surface area contributed by atoms with E-state index in [2.05, 4.69) is 21.2 Å². The average Bonchev–Trinajstić information content (AvgIpc) is 2.34. The summed E-state index contributed by atoms with van der Waals surface area (Å²) >= 11 is 3.45. The summed E-state index contributed by atoms with van der Waals surface area (Å²) < 4.78 is 14.7. The zero-order valence-corrected chi connectivity index (χ0v) is 11.6. The van der Waals surface area contributed by atoms with Crippen molar-refractivity contribution in [3.8, 4) is 0 Å². The lowest BCUT2D eigenvalue weighted by Gasteiger charge is -2.11. The second-order valence-electron chi connectivity index (χ2n) is 4.13. The molecule has 0 aliphatic heterocycles. The molecule has 2 aromatic rings. The van der Waals surface area contributed by atoms with E-state index in [9.17, 15) is 4.39 Å². The number of nitrogens with two attached hydrogens (primary N) is 1. The van der Waals surface area contributed by atoms with E-state index in [1.807, 2.05) is 31.2 Å². The number of halogens is 2. The fourth-order valence-corrected chi connectivity index (χ4v) is 2.25. The van der Waals surface area contributed by atoms with Crippen LogP contribution in [-0.4, -0.2) is 0 Å². The first kappa shape index (κ1) is 13.1. The molecule has 94 valence electrons. The molecule has 2 aromatic carbocycles. The van der Waals surface area contributed by atoms with E-state index in [4.69, 9.17) is 5.73 Å². The van der Waals surface area contributed by atoms with Crippen LogP contribution in [0, 0.1) is 12.7 Å². The van der Waals surface area contributed by atoms with Crippen molar-refractivity contribution in [1.82, 2.24) is 0 Å². The molecule has 0 spiro atoms. The van der Waals surface area contributed by atoms with E-state index in [-0.39, 0.29) is 5.82 Å². The molecule has 18 heavy (non-hydrogen) atoms. The largest absolute Gasteiger partial charge is 0.352 e. The molecule has 0 aliphatic rings. The van der Waals surface area contributed by atoms with Crippen LogP contribution in [-0.2, 0) is 6.54 Å². The molecule has 0 radical (unpaired) electrons. The number of nitrogens with one attached hydrogen (secondary N) is 1. The van der Waals surface area contributed by atoms with Gasteiger partial charge in [0.2, 0.25) is 0 Å². The van der Waals surface area contributed by atoms with Gasteiger partial charge in [-0.05, 0) is 58.2 Å². The highest BCUT2D eigenvalue weighted by Crippen LogP contribution is 2.28. The minimum Gasteiger partial charge on any atom is -0.352 e. The second kappa shape index (κ2) is 5.50. The highest BCUT2D eigenvalue weighted by molar-refractivity contribution is 9.10. The smallest absolute Gasteiger partial charge is 0.146 e. The topological polar surface area (TPSA) is 38.0 Å². The first-order chi connectivity index (χ1) is 8.60. The van der Waals surface area contributed by atoms with Gasteiger partial charge in [-0.3, -0.25) is 0 Å². The third kappa shape index (κ3) is 2.89. The van der Waals surface area contributed by atoms with Crippen LogP contribution in [0.25, 0.3) is 0 Å². The van der Waals surface area contributed by atoms with Gasteiger partial charge in [0.15, 0.2) is 0 Å². The quantitative estimate of drug-likeness (QED) is 0.896. The van der Waals surface area contributed by atoms with Crippen LogP contribution in [0.4, 0.5) is 15.8 Å². The Morgan fingerprint density at radius 3 is 2.50 bits per heavy atom. The highest BCUT2D eigenvalue weighted by atomic mass is 79.9. The fourth-order valence-electron chi connectivity index (χ4n) is 1.65. The molecule has 0 saturated carbocycles. The van der Waals surface area contributed by atoms with E-state index in [1.54, 1.807) is 6.07 Å². The number of benzene rings is 2. The van der Waals surface area contributed by atoms with Gasteiger partial charge in [0.1, 0.15) is 5.82 Å². The predicted octanol–water partition coefficient (Wildman–Crippen LogP) is 4.10. The van der Waals surface area contributed by atoms with Crippen molar-refractivity contribution in [1.29, 1.82) is 0 Å². The Labute approximate surface area is 114 Å². The molecule has 0 bridgehead atoms. The van der Waals surface area contributed by atoms with Crippen LogP contribution in [0.5, 0.6) is 0 Å². The van der Waals surface area contributed by atoms with Crippen molar-refractivity contribution in [2.24, 2.45) is 5.73 Å². The number of anilines is 2. The Morgan fingerprint density at radius 2 is 1.89 bits per heavy atom. The van der Waals surface area contributed by atoms with Crippen LogP contribution >= 0.6 is 15.9 Å². The summed E-state index contributed by atoms with van der Waals surface area (Å²) in [5.74, 6) is -0.301. The number of rotatable bonds is 3. The zero-order chi connectivity index (χ0) is 13.1. The third-order valence-electron chi connectivity index (χ3n) is 2.66. The minimum atomic E-state index is -0.301. The Kier molecular flexibility index (Phi) is 3.99. The van der Waals surface area contributed by atoms with Crippen molar-refractivity contribution in [2.75, 3.05) is 5.32 Å². The molecule has 3 N–H and O–H groups in total. The summed E-state index contributed by atoms with van der Waals surface area (Å²) in [5, 5.41) is 3.06. The molecule has 0 amide bonds. The van der Waals surface area contributed by atoms with Gasteiger partial charge in [0.05, 0.1) is 11.4 Å². The van der Waals surface area contributed by atoms with Gasteiger partial charge >= 0.3 is 0 Å². The van der Waals surface area contributed by atoms with Gasteiger partial charge in [-0.25, -0.2) is 4.39 Å². The Bertz CT molecular complexity index is 570. The summed E-state index contributed by atoms with van der Waals surface area (Å²) in [6.07, 6.45) is 0. The standard InChI is InChI=1S/C14H14BrFN2/c1-9-2-4-13(11(15)6-9)18-14-5-3-10(8-17)7-12(14)16/h2-7,18H,8,17H2,1H3. The first-order valence-corrected chi connectivity index (χ1v) is 6.41. The summed E-state index contributed by atoms with van der Waals surface area (Å²) in [6.45, 7) is 2.34. The Balaban J connectivity index is 2.28. The lowest BCUT2D eigenvalue weighted by molar-refractivity contribution is 0.629. The van der Waals surface area contributed by atoms with Crippen LogP contribution in [0.3, 0.4) is 0 Å². The molecule has 0 saturated heterocycles. The molecule has 0 aromatic heterocycles. The van der Waals surface area contributed by atoms with Gasteiger partial charge in [-0.1, -0.05) is 12.1 Å². The minimum absolute atomic E-state index is 0.301. The Hall–Kier alpha value is -1.39. The molecule has 2 nitrogen and oxygen atoms in total. The van der Waals surface area contributed by atoms with Crippen LogP contribution < -0.4 is 11.1 Å². The SMILES string of the molecule is Cc1ccc(Nc2ccc(CN)cc2F)c(Br)c1. The summed E-state index contributed by atoms with van der Waals surface area (Å²) in [6, 6.07) is 10.8. The van der Waals surface area contributed by atoms with E-state index < -0.39 is 0 Å². The van der Waals surface area contributed by atoms with Crippen LogP contribution in [0.1, 0.15) is 11.1 Å². The molecular formula is C14H14BrFN2.